The molecule has 2 aromatic rings. The molecule has 0 fully saturated rings. The zero-order valence-electron chi connectivity index (χ0n) is 15.1. The van der Waals surface area contributed by atoms with Gasteiger partial charge in [-0.1, -0.05) is 30.3 Å². The van der Waals surface area contributed by atoms with Crippen LogP contribution in [0.15, 0.2) is 48.5 Å². The lowest BCUT2D eigenvalue weighted by Gasteiger charge is -2.17. The number of rotatable bonds is 9. The Labute approximate surface area is 149 Å². The maximum atomic E-state index is 12.1. The Morgan fingerprint density at radius 2 is 1.72 bits per heavy atom. The second kappa shape index (κ2) is 9.69. The quantitative estimate of drug-likeness (QED) is 0.759. The molecule has 25 heavy (non-hydrogen) atoms. The number of para-hydroxylation sites is 3. The van der Waals surface area contributed by atoms with Gasteiger partial charge >= 0.3 is 0 Å². The van der Waals surface area contributed by atoms with Crippen molar-refractivity contribution in [1.82, 2.24) is 4.90 Å². The maximum Gasteiger partial charge on any atom is 0.225 e. The fourth-order valence-electron chi connectivity index (χ4n) is 2.39. The van der Waals surface area contributed by atoms with Crippen LogP contribution in [-0.4, -0.2) is 44.7 Å². The Morgan fingerprint density at radius 1 is 1.04 bits per heavy atom. The summed E-state index contributed by atoms with van der Waals surface area (Å²) in [5, 5.41) is 2.88. The Hall–Kier alpha value is -2.53. The van der Waals surface area contributed by atoms with Gasteiger partial charge in [0.05, 0.1) is 12.8 Å². The van der Waals surface area contributed by atoms with E-state index in [9.17, 15) is 4.79 Å². The minimum absolute atomic E-state index is 0.0313. The van der Waals surface area contributed by atoms with E-state index in [2.05, 4.69) is 10.2 Å². The summed E-state index contributed by atoms with van der Waals surface area (Å²) in [7, 11) is 3.57. The zero-order valence-corrected chi connectivity index (χ0v) is 15.1. The van der Waals surface area contributed by atoms with Gasteiger partial charge in [-0.2, -0.15) is 0 Å². The van der Waals surface area contributed by atoms with E-state index < -0.39 is 0 Å². The van der Waals surface area contributed by atoms with Crippen molar-refractivity contribution in [3.05, 3.63) is 54.1 Å². The van der Waals surface area contributed by atoms with Crippen LogP contribution in [0.5, 0.6) is 11.5 Å². The molecule has 0 aliphatic carbocycles. The molecule has 5 nitrogen and oxygen atoms in total. The van der Waals surface area contributed by atoms with E-state index in [-0.39, 0.29) is 5.91 Å². The van der Waals surface area contributed by atoms with Crippen molar-refractivity contribution in [3.8, 4) is 11.5 Å². The highest BCUT2D eigenvalue weighted by Gasteiger charge is 2.08. The molecule has 2 rings (SSSR count). The first-order valence-electron chi connectivity index (χ1n) is 8.40. The predicted molar refractivity (Wildman–Crippen MR) is 100 cm³/mol. The van der Waals surface area contributed by atoms with Crippen molar-refractivity contribution in [2.45, 2.75) is 13.3 Å². The van der Waals surface area contributed by atoms with Crippen LogP contribution in [0.1, 0.15) is 12.0 Å². The van der Waals surface area contributed by atoms with Gasteiger partial charge < -0.3 is 19.7 Å². The Morgan fingerprint density at radius 3 is 2.44 bits per heavy atom. The van der Waals surface area contributed by atoms with Crippen molar-refractivity contribution in [1.29, 1.82) is 0 Å². The average Bonchev–Trinajstić information content (AvgIpc) is 2.62. The predicted octanol–water partition coefficient (Wildman–Crippen LogP) is 3.34. The number of methoxy groups -OCH3 is 1. The van der Waals surface area contributed by atoms with Crippen molar-refractivity contribution in [2.24, 2.45) is 0 Å². The SMILES string of the molecule is COc1ccccc1NC(=O)CCN(C)CCOc1ccccc1C. The van der Waals surface area contributed by atoms with Crippen LogP contribution in [0.4, 0.5) is 5.69 Å². The highest BCUT2D eigenvalue weighted by atomic mass is 16.5. The molecule has 0 saturated heterocycles. The molecular formula is C20H26N2O3. The van der Waals surface area contributed by atoms with Gasteiger partial charge in [0.25, 0.3) is 0 Å². The second-order valence-electron chi connectivity index (χ2n) is 5.92. The number of hydrogen-bond donors (Lipinski definition) is 1. The molecule has 0 aromatic heterocycles. The number of benzene rings is 2. The minimum Gasteiger partial charge on any atom is -0.495 e. The molecule has 1 N–H and O–H groups in total. The monoisotopic (exact) mass is 342 g/mol. The average molecular weight is 342 g/mol. The Bertz CT molecular complexity index is 688. The lowest BCUT2D eigenvalue weighted by molar-refractivity contribution is -0.116. The van der Waals surface area contributed by atoms with Gasteiger partial charge in [-0.05, 0) is 37.7 Å². The number of hydrogen-bond acceptors (Lipinski definition) is 4. The molecule has 0 spiro atoms. The second-order valence-corrected chi connectivity index (χ2v) is 5.92. The molecule has 134 valence electrons. The van der Waals surface area contributed by atoms with Crippen LogP contribution < -0.4 is 14.8 Å². The number of carbonyl (C=O) groups excluding carboxylic acids is 1. The number of nitrogens with zero attached hydrogens (tertiary/aromatic N) is 1. The third kappa shape index (κ3) is 6.12. The normalized spacial score (nSPS) is 10.6. The first-order valence-corrected chi connectivity index (χ1v) is 8.40. The van der Waals surface area contributed by atoms with E-state index in [0.29, 0.717) is 31.0 Å². The summed E-state index contributed by atoms with van der Waals surface area (Å²) >= 11 is 0. The number of anilines is 1. The first-order chi connectivity index (χ1) is 12.1. The third-order valence-electron chi connectivity index (χ3n) is 3.93. The number of carbonyl (C=O) groups is 1. The molecule has 0 radical (unpaired) electrons. The number of likely N-dealkylation sites (N-methyl/N-ethyl adjacent to an activating group) is 1. The van der Waals surface area contributed by atoms with Gasteiger partial charge in [-0.25, -0.2) is 0 Å². The van der Waals surface area contributed by atoms with Gasteiger partial charge in [0, 0.05) is 19.5 Å². The van der Waals surface area contributed by atoms with Crippen LogP contribution in [0, 0.1) is 6.92 Å². The van der Waals surface area contributed by atoms with Crippen molar-refractivity contribution >= 4 is 11.6 Å². The van der Waals surface area contributed by atoms with Crippen LogP contribution in [0.3, 0.4) is 0 Å². The summed E-state index contributed by atoms with van der Waals surface area (Å²) in [6, 6.07) is 15.4. The lowest BCUT2D eigenvalue weighted by Crippen LogP contribution is -2.28. The largest absolute Gasteiger partial charge is 0.495 e. The van der Waals surface area contributed by atoms with E-state index in [0.717, 1.165) is 17.9 Å². The highest BCUT2D eigenvalue weighted by molar-refractivity contribution is 5.92. The van der Waals surface area contributed by atoms with E-state index in [1.54, 1.807) is 7.11 Å². The molecular weight excluding hydrogens is 316 g/mol. The third-order valence-corrected chi connectivity index (χ3v) is 3.93. The molecule has 0 unspecified atom stereocenters. The fourth-order valence-corrected chi connectivity index (χ4v) is 2.39. The minimum atomic E-state index is -0.0313. The molecule has 0 atom stereocenters. The van der Waals surface area contributed by atoms with Crippen molar-refractivity contribution < 1.29 is 14.3 Å². The summed E-state index contributed by atoms with van der Waals surface area (Å²) in [6.07, 6.45) is 0.416. The summed E-state index contributed by atoms with van der Waals surface area (Å²) in [5.41, 5.74) is 1.82. The highest BCUT2D eigenvalue weighted by Crippen LogP contribution is 2.23. The van der Waals surface area contributed by atoms with Gasteiger partial charge in [0.2, 0.25) is 5.91 Å². The number of ether oxygens (including phenoxy) is 2. The summed E-state index contributed by atoms with van der Waals surface area (Å²) in [4.78, 5) is 14.2. The Kier molecular flexibility index (Phi) is 7.29. The molecule has 0 heterocycles. The van der Waals surface area contributed by atoms with Crippen LogP contribution >= 0.6 is 0 Å². The van der Waals surface area contributed by atoms with Crippen LogP contribution in [0.25, 0.3) is 0 Å². The smallest absolute Gasteiger partial charge is 0.225 e. The van der Waals surface area contributed by atoms with Gasteiger partial charge in [-0.3, -0.25) is 4.79 Å². The van der Waals surface area contributed by atoms with Crippen LogP contribution in [-0.2, 0) is 4.79 Å². The number of aryl methyl sites for hydroxylation is 1. The summed E-state index contributed by atoms with van der Waals surface area (Å²) in [5.74, 6) is 1.54. The molecule has 0 bridgehead atoms. The standard InChI is InChI=1S/C20H26N2O3/c1-16-8-4-6-10-18(16)25-15-14-22(2)13-12-20(23)21-17-9-5-7-11-19(17)24-3/h4-11H,12-15H2,1-3H3,(H,21,23). The van der Waals surface area contributed by atoms with E-state index in [1.165, 1.54) is 0 Å². The number of amides is 1. The van der Waals surface area contributed by atoms with E-state index >= 15 is 0 Å². The molecule has 0 aliphatic rings. The molecule has 0 saturated carbocycles. The van der Waals surface area contributed by atoms with Crippen molar-refractivity contribution in [2.75, 3.05) is 39.2 Å². The van der Waals surface area contributed by atoms with Gasteiger partial charge in [-0.15, -0.1) is 0 Å². The van der Waals surface area contributed by atoms with E-state index in [4.69, 9.17) is 9.47 Å². The first kappa shape index (κ1) is 18.8. The summed E-state index contributed by atoms with van der Waals surface area (Å²) in [6.45, 7) is 4.05. The lowest BCUT2D eigenvalue weighted by atomic mass is 10.2. The topological polar surface area (TPSA) is 50.8 Å². The molecule has 2 aromatic carbocycles. The summed E-state index contributed by atoms with van der Waals surface area (Å²) < 4.78 is 11.0. The number of nitrogens with one attached hydrogen (secondary N) is 1. The Balaban J connectivity index is 1.70. The molecule has 1 amide bonds. The zero-order chi connectivity index (χ0) is 18.1. The van der Waals surface area contributed by atoms with Gasteiger partial charge in [0.15, 0.2) is 0 Å². The molecule has 0 aliphatic heterocycles. The van der Waals surface area contributed by atoms with Crippen LogP contribution in [0.2, 0.25) is 0 Å². The fraction of sp³-hybridized carbons (Fsp3) is 0.350. The molecule has 5 heteroatoms. The van der Waals surface area contributed by atoms with E-state index in [1.807, 2.05) is 62.5 Å². The maximum absolute atomic E-state index is 12.1. The van der Waals surface area contributed by atoms with Gasteiger partial charge in [0.1, 0.15) is 18.1 Å². The van der Waals surface area contributed by atoms with Crippen molar-refractivity contribution in [3.63, 3.8) is 0 Å².